The van der Waals surface area contributed by atoms with Crippen LogP contribution in [0, 0.1) is 0 Å². The molecule has 0 aliphatic heterocycles. The molecule has 5 aromatic rings. The molecule has 3 heterocycles. The quantitative estimate of drug-likeness (QED) is 0.421. The Labute approximate surface area is 175 Å². The number of amides is 1. The monoisotopic (exact) mass is 418 g/mol. The maximum absolute atomic E-state index is 12.6. The highest BCUT2D eigenvalue weighted by Gasteiger charge is 2.18. The molecule has 3 aromatic heterocycles. The van der Waals surface area contributed by atoms with Crippen molar-refractivity contribution in [1.82, 2.24) is 14.8 Å². The Kier molecular flexibility index (Phi) is 4.57. The largest absolute Gasteiger partial charge is 0.459 e. The first-order chi connectivity index (χ1) is 14.7. The zero-order valence-electron chi connectivity index (χ0n) is 15.6. The molecular weight excluding hydrogens is 404 g/mol. The number of furan rings is 1. The van der Waals surface area contributed by atoms with Gasteiger partial charge in [-0.25, -0.2) is 0 Å². The van der Waals surface area contributed by atoms with E-state index in [-0.39, 0.29) is 12.5 Å². The van der Waals surface area contributed by atoms with Gasteiger partial charge in [0.15, 0.2) is 5.76 Å². The van der Waals surface area contributed by atoms with Gasteiger partial charge in [-0.3, -0.25) is 4.79 Å². The van der Waals surface area contributed by atoms with Crippen LogP contribution in [0.4, 0.5) is 5.69 Å². The maximum Gasteiger partial charge on any atom is 0.283 e. The number of carbonyl (C=O) groups excluding carboxylic acids is 1. The van der Waals surface area contributed by atoms with Crippen LogP contribution in [-0.2, 0) is 11.3 Å². The summed E-state index contributed by atoms with van der Waals surface area (Å²) in [5.41, 5.74) is 2.31. The number of anilines is 1. The van der Waals surface area contributed by atoms with Crippen LogP contribution in [0.5, 0.6) is 0 Å². The van der Waals surface area contributed by atoms with E-state index in [1.54, 1.807) is 42.7 Å². The lowest BCUT2D eigenvalue weighted by molar-refractivity contribution is -0.116. The number of fused-ring (bicyclic) bond motifs is 1. The fraction of sp³-hybridized carbons (Fsp3) is 0.0455. The number of rotatable bonds is 5. The number of hydrogen-bond donors (Lipinski definition) is 1. The van der Waals surface area contributed by atoms with Gasteiger partial charge < -0.3 is 18.7 Å². The van der Waals surface area contributed by atoms with Gasteiger partial charge in [0.25, 0.3) is 5.89 Å². The molecule has 1 amide bonds. The Morgan fingerprint density at radius 2 is 1.80 bits per heavy atom. The lowest BCUT2D eigenvalue weighted by atomic mass is 10.2. The zero-order valence-corrected chi connectivity index (χ0v) is 16.3. The lowest BCUT2D eigenvalue weighted by Gasteiger charge is -2.07. The summed E-state index contributed by atoms with van der Waals surface area (Å²) in [4.78, 5) is 12.6. The smallest absolute Gasteiger partial charge is 0.283 e. The van der Waals surface area contributed by atoms with Gasteiger partial charge >= 0.3 is 0 Å². The summed E-state index contributed by atoms with van der Waals surface area (Å²) < 4.78 is 13.0. The number of hydrogen-bond acceptors (Lipinski definition) is 5. The van der Waals surface area contributed by atoms with Crippen LogP contribution in [0.3, 0.4) is 0 Å². The van der Waals surface area contributed by atoms with E-state index < -0.39 is 0 Å². The Hall–Kier alpha value is -3.84. The highest BCUT2D eigenvalue weighted by molar-refractivity contribution is 6.30. The first-order valence-corrected chi connectivity index (χ1v) is 9.56. The Morgan fingerprint density at radius 3 is 2.60 bits per heavy atom. The van der Waals surface area contributed by atoms with Gasteiger partial charge in [0.05, 0.1) is 11.8 Å². The minimum absolute atomic E-state index is 0.127. The topological polar surface area (TPSA) is 86.1 Å². The third kappa shape index (κ3) is 3.46. The number of aromatic nitrogens is 3. The summed E-state index contributed by atoms with van der Waals surface area (Å²) in [6, 6.07) is 18.2. The van der Waals surface area contributed by atoms with E-state index in [0.29, 0.717) is 28.3 Å². The molecule has 0 fully saturated rings. The van der Waals surface area contributed by atoms with Crippen LogP contribution >= 0.6 is 11.6 Å². The average molecular weight is 419 g/mol. The summed E-state index contributed by atoms with van der Waals surface area (Å²) in [5.74, 6) is 0.994. The van der Waals surface area contributed by atoms with E-state index in [1.165, 1.54) is 0 Å². The summed E-state index contributed by atoms with van der Waals surface area (Å²) in [6.45, 7) is 0.127. The molecule has 0 aliphatic carbocycles. The number of nitrogens with one attached hydrogen (secondary N) is 1. The molecule has 5 rings (SSSR count). The summed E-state index contributed by atoms with van der Waals surface area (Å²) in [6.07, 6.45) is 3.38. The van der Waals surface area contributed by atoms with E-state index in [1.807, 2.05) is 35.0 Å². The van der Waals surface area contributed by atoms with Crippen LogP contribution < -0.4 is 5.32 Å². The van der Waals surface area contributed by atoms with Gasteiger partial charge in [-0.2, -0.15) is 0 Å². The van der Waals surface area contributed by atoms with E-state index in [9.17, 15) is 4.79 Å². The van der Waals surface area contributed by atoms with E-state index in [4.69, 9.17) is 20.4 Å². The van der Waals surface area contributed by atoms with E-state index in [2.05, 4.69) is 15.5 Å². The van der Waals surface area contributed by atoms with Crippen molar-refractivity contribution in [2.75, 3.05) is 5.32 Å². The highest BCUT2D eigenvalue weighted by Crippen LogP contribution is 2.31. The Balaban J connectivity index is 1.45. The van der Waals surface area contributed by atoms with Crippen molar-refractivity contribution in [1.29, 1.82) is 0 Å². The van der Waals surface area contributed by atoms with E-state index in [0.717, 1.165) is 16.5 Å². The predicted octanol–water partition coefficient (Wildman–Crippen LogP) is 5.24. The summed E-state index contributed by atoms with van der Waals surface area (Å²) in [5, 5.41) is 12.6. The first-order valence-electron chi connectivity index (χ1n) is 9.18. The average Bonchev–Trinajstić information content (AvgIpc) is 3.49. The van der Waals surface area contributed by atoms with Crippen LogP contribution in [0.1, 0.15) is 0 Å². The van der Waals surface area contributed by atoms with Crippen molar-refractivity contribution in [2.24, 2.45) is 0 Å². The summed E-state index contributed by atoms with van der Waals surface area (Å²) in [7, 11) is 0. The summed E-state index contributed by atoms with van der Waals surface area (Å²) >= 11 is 5.90. The standard InChI is InChI=1S/C22H15ClN4O3/c23-14-7-9-15(10-8-14)24-20(28)13-27-12-17(16-4-1-2-5-18(16)27)21-25-26-22(30-21)19-6-3-11-29-19/h1-12H,13H2,(H,24,28). The van der Waals surface area contributed by atoms with Crippen LogP contribution in [0.2, 0.25) is 5.02 Å². The highest BCUT2D eigenvalue weighted by atomic mass is 35.5. The predicted molar refractivity (Wildman–Crippen MR) is 113 cm³/mol. The molecule has 148 valence electrons. The van der Waals surface area contributed by atoms with Gasteiger partial charge in [-0.15, -0.1) is 10.2 Å². The molecule has 0 bridgehead atoms. The number of halogens is 1. The molecule has 0 unspecified atom stereocenters. The molecule has 0 saturated carbocycles. The first kappa shape index (κ1) is 18.2. The Morgan fingerprint density at radius 1 is 1.00 bits per heavy atom. The minimum Gasteiger partial charge on any atom is -0.459 e. The molecule has 1 N–H and O–H groups in total. The molecule has 0 radical (unpaired) electrons. The second-order valence-electron chi connectivity index (χ2n) is 6.63. The Bertz CT molecular complexity index is 1320. The van der Waals surface area contributed by atoms with Crippen LogP contribution in [0.15, 0.2) is 82.0 Å². The number of carbonyl (C=O) groups is 1. The van der Waals surface area contributed by atoms with E-state index >= 15 is 0 Å². The van der Waals surface area contributed by atoms with Crippen molar-refractivity contribution in [3.8, 4) is 23.1 Å². The number of benzene rings is 2. The number of para-hydroxylation sites is 1. The van der Waals surface area contributed by atoms with Gasteiger partial charge in [0.1, 0.15) is 6.54 Å². The third-order valence-corrected chi connectivity index (χ3v) is 4.87. The molecule has 30 heavy (non-hydrogen) atoms. The molecule has 2 aromatic carbocycles. The van der Waals surface area contributed by atoms with Gasteiger partial charge in [0.2, 0.25) is 11.8 Å². The minimum atomic E-state index is -0.161. The SMILES string of the molecule is O=C(Cn1cc(-c2nnc(-c3ccco3)o2)c2ccccc21)Nc1ccc(Cl)cc1. The van der Waals surface area contributed by atoms with Gasteiger partial charge in [-0.1, -0.05) is 29.8 Å². The molecule has 0 aliphatic rings. The van der Waals surface area contributed by atoms with Gasteiger partial charge in [-0.05, 0) is 42.5 Å². The zero-order chi connectivity index (χ0) is 20.5. The van der Waals surface area contributed by atoms with Gasteiger partial charge in [0, 0.05) is 27.8 Å². The normalized spacial score (nSPS) is 11.1. The molecular formula is C22H15ClN4O3. The molecule has 7 nitrogen and oxygen atoms in total. The van der Waals surface area contributed by atoms with Crippen molar-refractivity contribution in [3.63, 3.8) is 0 Å². The van der Waals surface area contributed by atoms with Crippen LogP contribution in [0.25, 0.3) is 34.0 Å². The fourth-order valence-electron chi connectivity index (χ4n) is 3.27. The second-order valence-corrected chi connectivity index (χ2v) is 7.07. The molecule has 0 atom stereocenters. The number of nitrogens with zero attached hydrogens (tertiary/aromatic N) is 3. The molecule has 0 spiro atoms. The third-order valence-electron chi connectivity index (χ3n) is 4.62. The van der Waals surface area contributed by atoms with Crippen molar-refractivity contribution < 1.29 is 13.6 Å². The van der Waals surface area contributed by atoms with Crippen LogP contribution in [-0.4, -0.2) is 20.7 Å². The van der Waals surface area contributed by atoms with Crippen molar-refractivity contribution in [3.05, 3.63) is 78.1 Å². The molecule has 8 heteroatoms. The fourth-order valence-corrected chi connectivity index (χ4v) is 3.39. The lowest BCUT2D eigenvalue weighted by Crippen LogP contribution is -2.18. The molecule has 0 saturated heterocycles. The maximum atomic E-state index is 12.6. The van der Waals surface area contributed by atoms with Crippen molar-refractivity contribution >= 4 is 34.1 Å². The van der Waals surface area contributed by atoms with Crippen molar-refractivity contribution in [2.45, 2.75) is 6.54 Å². The second kappa shape index (κ2) is 7.53.